The van der Waals surface area contributed by atoms with Crippen molar-refractivity contribution in [2.24, 2.45) is 0 Å². The molecule has 0 radical (unpaired) electrons. The van der Waals surface area contributed by atoms with Crippen LogP contribution in [0, 0.1) is 0 Å². The molecule has 1 N–H and O–H groups in total. The number of aromatic carboxylic acids is 1. The predicted molar refractivity (Wildman–Crippen MR) is 61.3 cm³/mol. The molecule has 6 heteroatoms. The van der Waals surface area contributed by atoms with Crippen molar-refractivity contribution in [2.75, 3.05) is 7.11 Å². The Morgan fingerprint density at radius 3 is 2.88 bits per heavy atom. The first-order valence-corrected chi connectivity index (χ1v) is 5.68. The number of carboxylic acids is 1. The van der Waals surface area contributed by atoms with Crippen LogP contribution in [-0.2, 0) is 4.74 Å². The average Bonchev–Trinajstić information content (AvgIpc) is 2.26. The van der Waals surface area contributed by atoms with Crippen molar-refractivity contribution in [3.63, 3.8) is 0 Å². The topological polar surface area (TPSA) is 72.3 Å². The molecular formula is C10H13BrN2O3. The van der Waals surface area contributed by atoms with Crippen LogP contribution in [-0.4, -0.2) is 28.2 Å². The Bertz CT molecular complexity index is 384. The number of halogens is 1. The van der Waals surface area contributed by atoms with Gasteiger partial charge in [0.15, 0.2) is 11.5 Å². The number of rotatable bonds is 5. The van der Waals surface area contributed by atoms with E-state index in [2.05, 4.69) is 25.9 Å². The maximum absolute atomic E-state index is 10.9. The monoisotopic (exact) mass is 288 g/mol. The van der Waals surface area contributed by atoms with Crippen LogP contribution in [0.2, 0.25) is 0 Å². The Labute approximate surface area is 102 Å². The van der Waals surface area contributed by atoms with E-state index in [9.17, 15) is 4.79 Å². The smallest absolute Gasteiger partial charge is 0.355 e. The molecular weight excluding hydrogens is 276 g/mol. The normalized spacial score (nSPS) is 12.4. The highest BCUT2D eigenvalue weighted by Crippen LogP contribution is 2.21. The van der Waals surface area contributed by atoms with Crippen LogP contribution in [0.3, 0.4) is 0 Å². The van der Waals surface area contributed by atoms with Crippen molar-refractivity contribution < 1.29 is 14.6 Å². The number of carboxylic acid groups (broad SMARTS) is 1. The number of nitrogens with zero attached hydrogens (tertiary/aromatic N) is 2. The molecule has 0 bridgehead atoms. The second-order valence-electron chi connectivity index (χ2n) is 3.24. The third-order valence-electron chi connectivity index (χ3n) is 2.09. The number of methoxy groups -OCH3 is 1. The van der Waals surface area contributed by atoms with E-state index in [-0.39, 0.29) is 11.8 Å². The summed E-state index contributed by atoms with van der Waals surface area (Å²) < 4.78 is 5.59. The van der Waals surface area contributed by atoms with Crippen LogP contribution in [0.4, 0.5) is 0 Å². The molecule has 0 aliphatic carbocycles. The third kappa shape index (κ3) is 2.99. The molecule has 0 aliphatic rings. The minimum absolute atomic E-state index is 0.0387. The van der Waals surface area contributed by atoms with Gasteiger partial charge in [0.25, 0.3) is 0 Å². The van der Waals surface area contributed by atoms with Gasteiger partial charge in [-0.05, 0) is 22.4 Å². The lowest BCUT2D eigenvalue weighted by Crippen LogP contribution is -2.11. The fourth-order valence-corrected chi connectivity index (χ4v) is 1.66. The lowest BCUT2D eigenvalue weighted by molar-refractivity contribution is 0.0681. The van der Waals surface area contributed by atoms with Gasteiger partial charge in [0.05, 0.1) is 4.47 Å². The summed E-state index contributed by atoms with van der Waals surface area (Å²) in [5.74, 6) is -0.674. The first kappa shape index (κ1) is 13.1. The molecule has 0 amide bonds. The van der Waals surface area contributed by atoms with E-state index in [0.717, 1.165) is 12.8 Å². The minimum atomic E-state index is -1.08. The number of hydrogen-bond donors (Lipinski definition) is 1. The summed E-state index contributed by atoms with van der Waals surface area (Å²) in [6.07, 6.45) is 2.86. The Balaban J connectivity index is 3.05. The number of carbonyl (C=O) groups is 1. The summed E-state index contributed by atoms with van der Waals surface area (Å²) in [6.45, 7) is 2.02. The first-order valence-electron chi connectivity index (χ1n) is 4.88. The lowest BCUT2D eigenvalue weighted by Gasteiger charge is -2.13. The zero-order valence-electron chi connectivity index (χ0n) is 9.11. The zero-order chi connectivity index (χ0) is 12.1. The van der Waals surface area contributed by atoms with Crippen LogP contribution in [0.5, 0.6) is 0 Å². The molecule has 1 atom stereocenters. The molecule has 0 aliphatic heterocycles. The third-order valence-corrected chi connectivity index (χ3v) is 2.67. The number of hydrogen-bond acceptors (Lipinski definition) is 4. The molecule has 0 aromatic carbocycles. The Kier molecular flexibility index (Phi) is 4.82. The van der Waals surface area contributed by atoms with Gasteiger partial charge in [0.2, 0.25) is 0 Å². The molecule has 0 spiro atoms. The van der Waals surface area contributed by atoms with E-state index in [1.807, 2.05) is 6.92 Å². The van der Waals surface area contributed by atoms with Crippen LogP contribution in [0.25, 0.3) is 0 Å². The maximum atomic E-state index is 10.9. The van der Waals surface area contributed by atoms with Crippen molar-refractivity contribution >= 4 is 21.9 Å². The van der Waals surface area contributed by atoms with Crippen molar-refractivity contribution in [2.45, 2.75) is 25.9 Å². The molecule has 1 heterocycles. The number of aromatic nitrogens is 2. The van der Waals surface area contributed by atoms with Gasteiger partial charge in [-0.3, -0.25) is 0 Å². The average molecular weight is 289 g/mol. The Hall–Kier alpha value is -1.01. The number of ether oxygens (including phenoxy) is 1. The van der Waals surface area contributed by atoms with Gasteiger partial charge in [0.1, 0.15) is 6.10 Å². The summed E-state index contributed by atoms with van der Waals surface area (Å²) in [5.41, 5.74) is -0.0387. The van der Waals surface area contributed by atoms with Gasteiger partial charge in [-0.1, -0.05) is 13.3 Å². The fourth-order valence-electron chi connectivity index (χ4n) is 1.30. The van der Waals surface area contributed by atoms with E-state index in [4.69, 9.17) is 9.84 Å². The van der Waals surface area contributed by atoms with Crippen molar-refractivity contribution in [1.29, 1.82) is 0 Å². The molecule has 5 nitrogen and oxygen atoms in total. The summed E-state index contributed by atoms with van der Waals surface area (Å²) in [6, 6.07) is 0. The second kappa shape index (κ2) is 5.91. The minimum Gasteiger partial charge on any atom is -0.476 e. The van der Waals surface area contributed by atoms with Crippen LogP contribution in [0.1, 0.15) is 42.2 Å². The zero-order valence-corrected chi connectivity index (χ0v) is 10.7. The van der Waals surface area contributed by atoms with Gasteiger partial charge < -0.3 is 9.84 Å². The van der Waals surface area contributed by atoms with E-state index >= 15 is 0 Å². The summed E-state index contributed by atoms with van der Waals surface area (Å²) in [5, 5.41) is 8.91. The van der Waals surface area contributed by atoms with Gasteiger partial charge in [-0.2, -0.15) is 0 Å². The largest absolute Gasteiger partial charge is 0.476 e. The van der Waals surface area contributed by atoms with Gasteiger partial charge in [-0.25, -0.2) is 14.8 Å². The van der Waals surface area contributed by atoms with Crippen molar-refractivity contribution in [3.8, 4) is 0 Å². The van der Waals surface area contributed by atoms with Crippen molar-refractivity contribution in [3.05, 3.63) is 22.2 Å². The summed E-state index contributed by atoms with van der Waals surface area (Å²) in [7, 11) is 1.56. The van der Waals surface area contributed by atoms with E-state index in [1.165, 1.54) is 6.20 Å². The molecule has 0 saturated carbocycles. The highest BCUT2D eigenvalue weighted by molar-refractivity contribution is 9.10. The highest BCUT2D eigenvalue weighted by atomic mass is 79.9. The Morgan fingerprint density at radius 2 is 2.38 bits per heavy atom. The maximum Gasteiger partial charge on any atom is 0.355 e. The first-order chi connectivity index (χ1) is 7.60. The van der Waals surface area contributed by atoms with Gasteiger partial charge in [-0.15, -0.1) is 0 Å². The second-order valence-corrected chi connectivity index (χ2v) is 4.10. The fraction of sp³-hybridized carbons (Fsp3) is 0.500. The Morgan fingerprint density at radius 1 is 1.69 bits per heavy atom. The standard InChI is InChI=1S/C10H13BrN2O3/c1-3-4-7(16-2)9-12-5-6(11)8(13-9)10(14)15/h5,7H,3-4H2,1-2H3,(H,14,15). The van der Waals surface area contributed by atoms with Gasteiger partial charge in [0, 0.05) is 13.3 Å². The van der Waals surface area contributed by atoms with E-state index in [1.54, 1.807) is 7.11 Å². The van der Waals surface area contributed by atoms with Crippen molar-refractivity contribution in [1.82, 2.24) is 9.97 Å². The molecule has 88 valence electrons. The van der Waals surface area contributed by atoms with Crippen LogP contribution >= 0.6 is 15.9 Å². The predicted octanol–water partition coefficient (Wildman–Crippen LogP) is 2.42. The molecule has 0 saturated heterocycles. The molecule has 16 heavy (non-hydrogen) atoms. The quantitative estimate of drug-likeness (QED) is 0.901. The van der Waals surface area contributed by atoms with Crippen LogP contribution in [0.15, 0.2) is 10.7 Å². The highest BCUT2D eigenvalue weighted by Gasteiger charge is 2.17. The summed E-state index contributed by atoms with van der Waals surface area (Å²) >= 11 is 3.09. The van der Waals surface area contributed by atoms with Crippen LogP contribution < -0.4 is 0 Å². The molecule has 1 aromatic rings. The van der Waals surface area contributed by atoms with E-state index in [0.29, 0.717) is 10.3 Å². The molecule has 0 fully saturated rings. The summed E-state index contributed by atoms with van der Waals surface area (Å²) in [4.78, 5) is 18.9. The molecule has 1 aromatic heterocycles. The SMILES string of the molecule is CCCC(OC)c1ncc(Br)c(C(=O)O)n1. The molecule has 1 rings (SSSR count). The molecule has 1 unspecified atom stereocenters. The van der Waals surface area contributed by atoms with Gasteiger partial charge >= 0.3 is 5.97 Å². The van der Waals surface area contributed by atoms with E-state index < -0.39 is 5.97 Å². The lowest BCUT2D eigenvalue weighted by atomic mass is 10.2.